The van der Waals surface area contributed by atoms with Crippen LogP contribution in [0.25, 0.3) is 0 Å². The highest BCUT2D eigenvalue weighted by atomic mass is 19.4. The molecule has 0 saturated carbocycles. The summed E-state index contributed by atoms with van der Waals surface area (Å²) in [5.74, 6) is -0.424. The Morgan fingerprint density at radius 2 is 1.90 bits per heavy atom. The summed E-state index contributed by atoms with van der Waals surface area (Å²) in [6.45, 7) is 1.99. The number of carbonyl (C=O) groups is 1. The lowest BCUT2D eigenvalue weighted by Crippen LogP contribution is -2.20. The van der Waals surface area contributed by atoms with E-state index in [0.29, 0.717) is 5.75 Å². The van der Waals surface area contributed by atoms with E-state index in [9.17, 15) is 18.0 Å². The normalized spacial score (nSPS) is 11.3. The van der Waals surface area contributed by atoms with Crippen LogP contribution in [-0.4, -0.2) is 32.0 Å². The molecule has 4 nitrogen and oxygen atoms in total. The number of benzene rings is 1. The molecule has 0 heterocycles. The molecular weight excluding hydrogens is 277 g/mol. The molecule has 0 amide bonds. The first-order valence-electron chi connectivity index (χ1n) is 5.81. The van der Waals surface area contributed by atoms with Gasteiger partial charge >= 0.3 is 12.1 Å². The third-order valence-corrected chi connectivity index (χ3v) is 2.13. The zero-order chi connectivity index (χ0) is 15.3. The third kappa shape index (κ3) is 4.99. The molecule has 0 unspecified atom stereocenters. The van der Waals surface area contributed by atoms with Gasteiger partial charge in [0, 0.05) is 0 Å². The minimum absolute atomic E-state index is 0.0396. The molecule has 1 aromatic carbocycles. The van der Waals surface area contributed by atoms with Gasteiger partial charge in [-0.1, -0.05) is 0 Å². The fourth-order valence-corrected chi connectivity index (χ4v) is 1.38. The second-order valence-corrected chi connectivity index (χ2v) is 4.22. The highest BCUT2D eigenvalue weighted by Gasteiger charge is 2.30. The predicted molar refractivity (Wildman–Crippen MR) is 65.1 cm³/mol. The Morgan fingerprint density at radius 1 is 1.25 bits per heavy atom. The maximum absolute atomic E-state index is 12.0. The molecule has 0 bridgehead atoms. The summed E-state index contributed by atoms with van der Waals surface area (Å²) in [6, 6.07) is 4.04. The van der Waals surface area contributed by atoms with Crippen LogP contribution in [0.5, 0.6) is 11.5 Å². The zero-order valence-electron chi connectivity index (χ0n) is 11.3. The van der Waals surface area contributed by atoms with Gasteiger partial charge in [-0.05, 0) is 32.0 Å². The summed E-state index contributed by atoms with van der Waals surface area (Å²) in [7, 11) is 1.37. The Morgan fingerprint density at radius 3 is 2.40 bits per heavy atom. The van der Waals surface area contributed by atoms with E-state index in [1.807, 2.05) is 13.8 Å². The largest absolute Gasteiger partial charge is 0.493 e. The van der Waals surface area contributed by atoms with Gasteiger partial charge in [-0.15, -0.1) is 0 Å². The van der Waals surface area contributed by atoms with Crippen LogP contribution >= 0.6 is 0 Å². The van der Waals surface area contributed by atoms with Gasteiger partial charge in [-0.3, -0.25) is 0 Å². The molecular formula is C13H15F3O4. The monoisotopic (exact) mass is 292 g/mol. The standard InChI is InChI=1S/C13H15F3O4/c1-8(2)20-10-5-4-9(6-11(10)18-3)12(17)19-7-13(14,15)16/h4-6,8H,7H2,1-3H3. The Labute approximate surface area is 114 Å². The van der Waals surface area contributed by atoms with Crippen molar-refractivity contribution in [3.05, 3.63) is 23.8 Å². The molecule has 0 atom stereocenters. The Hall–Kier alpha value is -1.92. The van der Waals surface area contributed by atoms with Gasteiger partial charge in [0.2, 0.25) is 0 Å². The average molecular weight is 292 g/mol. The summed E-state index contributed by atoms with van der Waals surface area (Å²) in [5, 5.41) is 0. The van der Waals surface area contributed by atoms with Gasteiger partial charge < -0.3 is 14.2 Å². The highest BCUT2D eigenvalue weighted by Crippen LogP contribution is 2.29. The number of methoxy groups -OCH3 is 1. The number of ether oxygens (including phenoxy) is 3. The van der Waals surface area contributed by atoms with Crippen molar-refractivity contribution < 1.29 is 32.2 Å². The van der Waals surface area contributed by atoms with Crippen LogP contribution in [0.15, 0.2) is 18.2 Å². The summed E-state index contributed by atoms with van der Waals surface area (Å²) in [5.41, 5.74) is -0.0396. The van der Waals surface area contributed by atoms with Crippen molar-refractivity contribution in [1.29, 1.82) is 0 Å². The maximum atomic E-state index is 12.0. The van der Waals surface area contributed by atoms with Crippen molar-refractivity contribution in [2.24, 2.45) is 0 Å². The molecule has 0 radical (unpaired) electrons. The molecule has 0 fully saturated rings. The molecule has 0 N–H and O–H groups in total. The van der Waals surface area contributed by atoms with E-state index >= 15 is 0 Å². The molecule has 0 aliphatic heterocycles. The molecule has 1 aromatic rings. The van der Waals surface area contributed by atoms with Crippen molar-refractivity contribution in [2.75, 3.05) is 13.7 Å². The lowest BCUT2D eigenvalue weighted by Gasteiger charge is -2.14. The predicted octanol–water partition coefficient (Wildman–Crippen LogP) is 3.20. The van der Waals surface area contributed by atoms with Crippen LogP contribution < -0.4 is 9.47 Å². The van der Waals surface area contributed by atoms with E-state index in [4.69, 9.17) is 9.47 Å². The van der Waals surface area contributed by atoms with Crippen LogP contribution in [0, 0.1) is 0 Å². The second-order valence-electron chi connectivity index (χ2n) is 4.22. The van der Waals surface area contributed by atoms with E-state index in [1.54, 1.807) is 0 Å². The summed E-state index contributed by atoms with van der Waals surface area (Å²) in [6.07, 6.45) is -4.66. The summed E-state index contributed by atoms with van der Waals surface area (Å²) in [4.78, 5) is 11.5. The first kappa shape index (κ1) is 16.1. The quantitative estimate of drug-likeness (QED) is 0.782. The van der Waals surface area contributed by atoms with Crippen LogP contribution in [0.1, 0.15) is 24.2 Å². The van der Waals surface area contributed by atoms with Gasteiger partial charge in [0.25, 0.3) is 0 Å². The number of esters is 1. The SMILES string of the molecule is COc1cc(C(=O)OCC(F)(F)F)ccc1OC(C)C. The number of rotatable bonds is 5. The lowest BCUT2D eigenvalue weighted by molar-refractivity contribution is -0.161. The Balaban J connectivity index is 2.84. The van der Waals surface area contributed by atoms with E-state index in [1.165, 1.54) is 25.3 Å². The topological polar surface area (TPSA) is 44.8 Å². The number of carbonyl (C=O) groups excluding carboxylic acids is 1. The molecule has 1 rings (SSSR count). The molecule has 7 heteroatoms. The summed E-state index contributed by atoms with van der Waals surface area (Å²) >= 11 is 0. The van der Waals surface area contributed by atoms with Crippen LogP contribution in [0.4, 0.5) is 13.2 Å². The van der Waals surface area contributed by atoms with Crippen molar-refractivity contribution in [1.82, 2.24) is 0 Å². The van der Waals surface area contributed by atoms with Gasteiger partial charge in [-0.25, -0.2) is 4.79 Å². The molecule has 0 spiro atoms. The highest BCUT2D eigenvalue weighted by molar-refractivity contribution is 5.90. The zero-order valence-corrected chi connectivity index (χ0v) is 11.3. The fraction of sp³-hybridized carbons (Fsp3) is 0.462. The maximum Gasteiger partial charge on any atom is 0.422 e. The minimum Gasteiger partial charge on any atom is -0.493 e. The third-order valence-electron chi connectivity index (χ3n) is 2.13. The van der Waals surface area contributed by atoms with Gasteiger partial charge in [0.15, 0.2) is 18.1 Å². The first-order valence-corrected chi connectivity index (χ1v) is 5.81. The fourth-order valence-electron chi connectivity index (χ4n) is 1.38. The van der Waals surface area contributed by atoms with E-state index in [2.05, 4.69) is 4.74 Å². The first-order chi connectivity index (χ1) is 9.23. The van der Waals surface area contributed by atoms with E-state index in [0.717, 1.165) is 0 Å². The summed E-state index contributed by atoms with van der Waals surface area (Å²) < 4.78 is 50.5. The Bertz CT molecular complexity index is 469. The minimum atomic E-state index is -4.56. The van der Waals surface area contributed by atoms with Crippen molar-refractivity contribution >= 4 is 5.97 Å². The lowest BCUT2D eigenvalue weighted by atomic mass is 10.2. The smallest absolute Gasteiger partial charge is 0.422 e. The van der Waals surface area contributed by atoms with Crippen LogP contribution in [0.3, 0.4) is 0 Å². The molecule has 0 aliphatic rings. The molecule has 0 saturated heterocycles. The van der Waals surface area contributed by atoms with Gasteiger partial charge in [-0.2, -0.15) is 13.2 Å². The van der Waals surface area contributed by atoms with Gasteiger partial charge in [0.05, 0.1) is 18.8 Å². The molecule has 112 valence electrons. The number of halogens is 3. The second kappa shape index (κ2) is 6.49. The van der Waals surface area contributed by atoms with Crippen molar-refractivity contribution in [3.8, 4) is 11.5 Å². The van der Waals surface area contributed by atoms with Crippen LogP contribution in [0.2, 0.25) is 0 Å². The van der Waals surface area contributed by atoms with E-state index in [-0.39, 0.29) is 17.4 Å². The van der Waals surface area contributed by atoms with E-state index < -0.39 is 18.8 Å². The van der Waals surface area contributed by atoms with Crippen LogP contribution in [-0.2, 0) is 4.74 Å². The molecule has 0 aliphatic carbocycles. The van der Waals surface area contributed by atoms with Crippen molar-refractivity contribution in [2.45, 2.75) is 26.1 Å². The van der Waals surface area contributed by atoms with Crippen molar-refractivity contribution in [3.63, 3.8) is 0 Å². The number of hydrogen-bond acceptors (Lipinski definition) is 4. The molecule has 0 aromatic heterocycles. The van der Waals surface area contributed by atoms with Gasteiger partial charge in [0.1, 0.15) is 0 Å². The molecule has 20 heavy (non-hydrogen) atoms. The Kier molecular flexibility index (Phi) is 5.24. The number of hydrogen-bond donors (Lipinski definition) is 0. The average Bonchev–Trinajstić information content (AvgIpc) is 2.34. The number of alkyl halides is 3.